The van der Waals surface area contributed by atoms with Gasteiger partial charge < -0.3 is 9.64 Å². The molecule has 1 aromatic carbocycles. The highest BCUT2D eigenvalue weighted by molar-refractivity contribution is 5.97. The molecular formula is C19H25N3O2. The molecule has 0 fully saturated rings. The molecule has 1 heterocycles. The molecule has 2 rings (SSSR count). The number of rotatable bonds is 6. The molecule has 1 amide bonds. The Morgan fingerprint density at radius 1 is 1.38 bits per heavy atom. The third-order valence-electron chi connectivity index (χ3n) is 4.10. The second-order valence-electron chi connectivity index (χ2n) is 6.18. The van der Waals surface area contributed by atoms with E-state index in [2.05, 4.69) is 16.8 Å². The van der Waals surface area contributed by atoms with Crippen molar-refractivity contribution < 1.29 is 9.53 Å². The number of aromatic amines is 1. The monoisotopic (exact) mass is 327 g/mol. The van der Waals surface area contributed by atoms with E-state index in [9.17, 15) is 4.79 Å². The van der Waals surface area contributed by atoms with Crippen molar-refractivity contribution in [3.8, 4) is 5.75 Å². The van der Waals surface area contributed by atoms with Crippen LogP contribution >= 0.6 is 0 Å². The van der Waals surface area contributed by atoms with Gasteiger partial charge in [0.05, 0.1) is 17.3 Å². The minimum Gasteiger partial charge on any atom is -0.488 e. The number of hydrogen-bond acceptors (Lipinski definition) is 3. The van der Waals surface area contributed by atoms with Crippen LogP contribution in [0.5, 0.6) is 5.75 Å². The Kier molecular flexibility index (Phi) is 5.44. The van der Waals surface area contributed by atoms with E-state index in [0.29, 0.717) is 17.9 Å². The van der Waals surface area contributed by atoms with E-state index >= 15 is 0 Å². The summed E-state index contributed by atoms with van der Waals surface area (Å²) in [6, 6.07) is 7.20. The molecule has 5 heteroatoms. The smallest absolute Gasteiger partial charge is 0.257 e. The van der Waals surface area contributed by atoms with Crippen molar-refractivity contribution in [1.82, 2.24) is 15.1 Å². The van der Waals surface area contributed by atoms with Crippen LogP contribution in [0.1, 0.15) is 47.2 Å². The van der Waals surface area contributed by atoms with Crippen LogP contribution in [0.4, 0.5) is 0 Å². The normalized spacial score (nSPS) is 11.9. The van der Waals surface area contributed by atoms with E-state index < -0.39 is 0 Å². The highest BCUT2D eigenvalue weighted by Gasteiger charge is 2.25. The number of aryl methyl sites for hydroxylation is 2. The number of nitrogens with zero attached hydrogens (tertiary/aromatic N) is 2. The minimum absolute atomic E-state index is 0.0835. The number of hydrogen-bond donors (Lipinski definition) is 1. The predicted molar refractivity (Wildman–Crippen MR) is 95.3 cm³/mol. The lowest BCUT2D eigenvalue weighted by Gasteiger charge is -2.26. The fourth-order valence-electron chi connectivity index (χ4n) is 2.70. The molecule has 2 aromatic rings. The van der Waals surface area contributed by atoms with Crippen LogP contribution in [0, 0.1) is 13.8 Å². The van der Waals surface area contributed by atoms with Crippen molar-refractivity contribution in [2.45, 2.75) is 33.7 Å². The van der Waals surface area contributed by atoms with Crippen molar-refractivity contribution in [3.63, 3.8) is 0 Å². The number of carbonyl (C=O) groups is 1. The maximum absolute atomic E-state index is 13.0. The molecule has 24 heavy (non-hydrogen) atoms. The Labute approximate surface area is 143 Å². The first-order valence-corrected chi connectivity index (χ1v) is 7.97. The minimum atomic E-state index is -0.0922. The topological polar surface area (TPSA) is 58.2 Å². The molecule has 1 atom stereocenters. The number of para-hydroxylation sites is 1. The van der Waals surface area contributed by atoms with E-state index in [1.54, 1.807) is 18.0 Å². The molecule has 5 nitrogen and oxygen atoms in total. The highest BCUT2D eigenvalue weighted by atomic mass is 16.5. The van der Waals surface area contributed by atoms with Gasteiger partial charge in [-0.25, -0.2) is 0 Å². The van der Waals surface area contributed by atoms with Crippen molar-refractivity contribution in [3.05, 3.63) is 58.9 Å². The van der Waals surface area contributed by atoms with Crippen molar-refractivity contribution in [2.75, 3.05) is 13.7 Å². The fraction of sp³-hybridized carbons (Fsp3) is 0.368. The average Bonchev–Trinajstić information content (AvgIpc) is 2.89. The molecule has 0 radical (unpaired) electrons. The van der Waals surface area contributed by atoms with Crippen LogP contribution in [0.3, 0.4) is 0 Å². The molecule has 128 valence electrons. The number of carbonyl (C=O) groups excluding carboxylic acids is 1. The highest BCUT2D eigenvalue weighted by Crippen LogP contribution is 2.27. The zero-order valence-electron chi connectivity index (χ0n) is 15.0. The Bertz CT molecular complexity index is 729. The SMILES string of the molecule is C=C(C)COc1ccccc1C(=O)N(C)C(C)c1c(C)n[nH]c1C. The molecule has 0 aliphatic rings. The van der Waals surface area contributed by atoms with Gasteiger partial charge in [0.2, 0.25) is 0 Å². The zero-order chi connectivity index (χ0) is 17.9. The Hall–Kier alpha value is -2.56. The van der Waals surface area contributed by atoms with Crippen LogP contribution in [0.25, 0.3) is 0 Å². The van der Waals surface area contributed by atoms with Crippen LogP contribution in [0.15, 0.2) is 36.4 Å². The van der Waals surface area contributed by atoms with E-state index in [0.717, 1.165) is 22.5 Å². The summed E-state index contributed by atoms with van der Waals surface area (Å²) in [5.41, 5.74) is 4.39. The lowest BCUT2D eigenvalue weighted by Crippen LogP contribution is -2.30. The largest absolute Gasteiger partial charge is 0.488 e. The summed E-state index contributed by atoms with van der Waals surface area (Å²) >= 11 is 0. The van der Waals surface area contributed by atoms with E-state index in [-0.39, 0.29) is 11.9 Å². The first-order chi connectivity index (χ1) is 11.3. The molecule has 0 saturated carbocycles. The van der Waals surface area contributed by atoms with Crippen molar-refractivity contribution >= 4 is 5.91 Å². The third kappa shape index (κ3) is 3.67. The molecule has 0 aliphatic heterocycles. The van der Waals surface area contributed by atoms with Gasteiger partial charge in [-0.15, -0.1) is 0 Å². The van der Waals surface area contributed by atoms with Gasteiger partial charge in [0, 0.05) is 18.3 Å². The predicted octanol–water partition coefficient (Wildman–Crippen LogP) is 3.81. The van der Waals surface area contributed by atoms with Gasteiger partial charge in [-0.05, 0) is 45.4 Å². The number of ether oxygens (including phenoxy) is 1. The van der Waals surface area contributed by atoms with Gasteiger partial charge in [0.15, 0.2) is 0 Å². The van der Waals surface area contributed by atoms with E-state index in [1.165, 1.54) is 0 Å². The van der Waals surface area contributed by atoms with Crippen LogP contribution in [0.2, 0.25) is 0 Å². The molecule has 0 aliphatic carbocycles. The van der Waals surface area contributed by atoms with E-state index in [4.69, 9.17) is 4.74 Å². The Balaban J connectivity index is 2.26. The van der Waals surface area contributed by atoms with Crippen LogP contribution in [-0.4, -0.2) is 34.7 Å². The zero-order valence-corrected chi connectivity index (χ0v) is 15.0. The summed E-state index contributed by atoms with van der Waals surface area (Å²) in [7, 11) is 1.80. The molecule has 1 aromatic heterocycles. The first kappa shape index (κ1) is 17.8. The summed E-state index contributed by atoms with van der Waals surface area (Å²) in [5, 5.41) is 7.19. The standard InChI is InChI=1S/C19H25N3O2/c1-12(2)11-24-17-10-8-7-9-16(17)19(23)22(6)15(5)18-13(3)20-21-14(18)4/h7-10,15H,1,11H2,2-6H3,(H,20,21). The quantitative estimate of drug-likeness (QED) is 0.821. The molecule has 0 saturated heterocycles. The second kappa shape index (κ2) is 7.34. The van der Waals surface area contributed by atoms with Crippen LogP contribution in [-0.2, 0) is 0 Å². The molecule has 1 N–H and O–H groups in total. The van der Waals surface area contributed by atoms with Gasteiger partial charge >= 0.3 is 0 Å². The maximum atomic E-state index is 13.0. The van der Waals surface area contributed by atoms with Crippen molar-refractivity contribution in [2.24, 2.45) is 0 Å². The van der Waals surface area contributed by atoms with Crippen LogP contribution < -0.4 is 4.74 Å². The molecule has 0 spiro atoms. The summed E-state index contributed by atoms with van der Waals surface area (Å²) in [4.78, 5) is 14.7. The van der Waals surface area contributed by atoms with Gasteiger partial charge in [0.25, 0.3) is 5.91 Å². The number of amides is 1. The summed E-state index contributed by atoms with van der Waals surface area (Å²) in [6.45, 7) is 12.0. The average molecular weight is 327 g/mol. The lowest BCUT2D eigenvalue weighted by molar-refractivity contribution is 0.0738. The first-order valence-electron chi connectivity index (χ1n) is 7.97. The molecule has 1 unspecified atom stereocenters. The van der Waals surface area contributed by atoms with Gasteiger partial charge in [0.1, 0.15) is 12.4 Å². The number of aromatic nitrogens is 2. The Morgan fingerprint density at radius 3 is 2.62 bits per heavy atom. The number of H-pyrrole nitrogens is 1. The second-order valence-corrected chi connectivity index (χ2v) is 6.18. The number of nitrogens with one attached hydrogen (secondary N) is 1. The van der Waals surface area contributed by atoms with Gasteiger partial charge in [-0.2, -0.15) is 5.10 Å². The summed E-state index contributed by atoms with van der Waals surface area (Å²) in [6.07, 6.45) is 0. The molecule has 0 bridgehead atoms. The Morgan fingerprint density at radius 2 is 2.04 bits per heavy atom. The molecular weight excluding hydrogens is 302 g/mol. The lowest BCUT2D eigenvalue weighted by atomic mass is 10.0. The van der Waals surface area contributed by atoms with Gasteiger partial charge in [-0.1, -0.05) is 18.7 Å². The summed E-state index contributed by atoms with van der Waals surface area (Å²) < 4.78 is 5.72. The van der Waals surface area contributed by atoms with Crippen molar-refractivity contribution in [1.29, 1.82) is 0 Å². The third-order valence-corrected chi connectivity index (χ3v) is 4.10. The maximum Gasteiger partial charge on any atom is 0.257 e. The fourth-order valence-corrected chi connectivity index (χ4v) is 2.70. The van der Waals surface area contributed by atoms with E-state index in [1.807, 2.05) is 45.9 Å². The summed E-state index contributed by atoms with van der Waals surface area (Å²) in [5.74, 6) is 0.491. The van der Waals surface area contributed by atoms with Gasteiger partial charge in [-0.3, -0.25) is 9.89 Å². The number of benzene rings is 1.